The standard InChI is InChI=1S/C23H25BrN2O3/c1-15-3-5-17(6-4-15)20(26-9-11-28-12-10-26)14-25-23(27)22-16(2)19-13-18(24)7-8-21(19)29-22/h3-8,13,20H,9-12,14H2,1-2H3,(H,25,27). The fourth-order valence-electron chi connectivity index (χ4n) is 3.81. The van der Waals surface area contributed by atoms with Crippen LogP contribution < -0.4 is 5.32 Å². The Labute approximate surface area is 179 Å². The first-order valence-electron chi connectivity index (χ1n) is 9.88. The maximum absolute atomic E-state index is 12.9. The molecule has 0 aliphatic carbocycles. The lowest BCUT2D eigenvalue weighted by atomic mass is 10.0. The molecular weight excluding hydrogens is 432 g/mol. The summed E-state index contributed by atoms with van der Waals surface area (Å²) in [6, 6.07) is 14.4. The Hall–Kier alpha value is -2.15. The quantitative estimate of drug-likeness (QED) is 0.608. The fraction of sp³-hybridized carbons (Fsp3) is 0.348. The van der Waals surface area contributed by atoms with Gasteiger partial charge in [-0.25, -0.2) is 0 Å². The van der Waals surface area contributed by atoms with Gasteiger partial charge in [0.15, 0.2) is 5.76 Å². The number of ether oxygens (including phenoxy) is 1. The van der Waals surface area contributed by atoms with Crippen molar-refractivity contribution in [2.75, 3.05) is 32.8 Å². The van der Waals surface area contributed by atoms with Gasteiger partial charge in [0, 0.05) is 35.1 Å². The minimum absolute atomic E-state index is 0.0993. The Morgan fingerprint density at radius 2 is 1.86 bits per heavy atom. The molecule has 0 spiro atoms. The van der Waals surface area contributed by atoms with Crippen molar-refractivity contribution in [2.24, 2.45) is 0 Å². The largest absolute Gasteiger partial charge is 0.451 e. The number of aryl methyl sites for hydroxylation is 2. The van der Waals surface area contributed by atoms with E-state index in [4.69, 9.17) is 9.15 Å². The van der Waals surface area contributed by atoms with Crippen LogP contribution in [0.5, 0.6) is 0 Å². The molecule has 2 heterocycles. The average Bonchev–Trinajstić information content (AvgIpc) is 3.06. The number of benzene rings is 2. The number of fused-ring (bicyclic) bond motifs is 1. The Morgan fingerprint density at radius 1 is 1.14 bits per heavy atom. The van der Waals surface area contributed by atoms with Gasteiger partial charge in [-0.2, -0.15) is 0 Å². The molecule has 3 aromatic rings. The third-order valence-electron chi connectivity index (χ3n) is 5.51. The Bertz CT molecular complexity index is 1010. The lowest BCUT2D eigenvalue weighted by molar-refractivity contribution is 0.0161. The molecule has 5 nitrogen and oxygen atoms in total. The maximum Gasteiger partial charge on any atom is 0.287 e. The van der Waals surface area contributed by atoms with E-state index in [0.29, 0.717) is 25.5 Å². The summed E-state index contributed by atoms with van der Waals surface area (Å²) >= 11 is 3.48. The van der Waals surface area contributed by atoms with Gasteiger partial charge in [0.25, 0.3) is 5.91 Å². The fourth-order valence-corrected chi connectivity index (χ4v) is 4.18. The molecule has 0 saturated carbocycles. The van der Waals surface area contributed by atoms with Gasteiger partial charge in [-0.15, -0.1) is 0 Å². The van der Waals surface area contributed by atoms with Crippen LogP contribution in [0.25, 0.3) is 11.0 Å². The summed E-state index contributed by atoms with van der Waals surface area (Å²) in [6.07, 6.45) is 0. The first-order valence-corrected chi connectivity index (χ1v) is 10.7. The summed E-state index contributed by atoms with van der Waals surface area (Å²) in [7, 11) is 0. The van der Waals surface area contributed by atoms with Gasteiger partial charge in [-0.05, 0) is 37.6 Å². The van der Waals surface area contributed by atoms with Crippen molar-refractivity contribution < 1.29 is 13.9 Å². The van der Waals surface area contributed by atoms with E-state index in [9.17, 15) is 4.79 Å². The summed E-state index contributed by atoms with van der Waals surface area (Å²) < 4.78 is 12.3. The lowest BCUT2D eigenvalue weighted by Crippen LogP contribution is -2.43. The van der Waals surface area contributed by atoms with Gasteiger partial charge in [0.2, 0.25) is 0 Å². The van der Waals surface area contributed by atoms with Crippen LogP contribution in [0.1, 0.15) is 33.3 Å². The third kappa shape index (κ3) is 4.39. The zero-order chi connectivity index (χ0) is 20.4. The average molecular weight is 457 g/mol. The van der Waals surface area contributed by atoms with E-state index in [-0.39, 0.29) is 11.9 Å². The summed E-state index contributed by atoms with van der Waals surface area (Å²) in [6.45, 7) is 7.66. The minimum Gasteiger partial charge on any atom is -0.451 e. The zero-order valence-corrected chi connectivity index (χ0v) is 18.3. The molecule has 1 fully saturated rings. The summed E-state index contributed by atoms with van der Waals surface area (Å²) in [5.74, 6) is 0.197. The van der Waals surface area contributed by atoms with E-state index in [1.165, 1.54) is 11.1 Å². The monoisotopic (exact) mass is 456 g/mol. The molecule has 1 saturated heterocycles. The zero-order valence-electron chi connectivity index (χ0n) is 16.7. The second-order valence-electron chi connectivity index (χ2n) is 7.48. The molecule has 0 bridgehead atoms. The molecule has 1 aliphatic heterocycles. The van der Waals surface area contributed by atoms with Crippen LogP contribution in [0.2, 0.25) is 0 Å². The van der Waals surface area contributed by atoms with Gasteiger partial charge in [-0.1, -0.05) is 45.8 Å². The van der Waals surface area contributed by atoms with E-state index in [1.807, 2.05) is 25.1 Å². The number of carbonyl (C=O) groups excluding carboxylic acids is 1. The molecule has 29 heavy (non-hydrogen) atoms. The number of halogens is 1. The lowest BCUT2D eigenvalue weighted by Gasteiger charge is -2.35. The van der Waals surface area contributed by atoms with Gasteiger partial charge < -0.3 is 14.5 Å². The van der Waals surface area contributed by atoms with Crippen molar-refractivity contribution in [3.63, 3.8) is 0 Å². The Morgan fingerprint density at radius 3 is 2.59 bits per heavy atom. The van der Waals surface area contributed by atoms with Crippen LogP contribution in [-0.4, -0.2) is 43.7 Å². The molecular formula is C23H25BrN2O3. The number of carbonyl (C=O) groups is 1. The predicted molar refractivity (Wildman–Crippen MR) is 117 cm³/mol. The van der Waals surface area contributed by atoms with E-state index >= 15 is 0 Å². The highest BCUT2D eigenvalue weighted by atomic mass is 79.9. The molecule has 1 amide bonds. The molecule has 1 N–H and O–H groups in total. The summed E-state index contributed by atoms with van der Waals surface area (Å²) in [5.41, 5.74) is 4.00. The van der Waals surface area contributed by atoms with E-state index in [0.717, 1.165) is 34.1 Å². The van der Waals surface area contributed by atoms with Gasteiger partial charge >= 0.3 is 0 Å². The number of hydrogen-bond donors (Lipinski definition) is 1. The molecule has 1 atom stereocenters. The van der Waals surface area contributed by atoms with Crippen molar-refractivity contribution in [3.8, 4) is 0 Å². The molecule has 152 valence electrons. The second-order valence-corrected chi connectivity index (χ2v) is 8.40. The normalized spacial score (nSPS) is 16.1. The number of rotatable bonds is 5. The van der Waals surface area contributed by atoms with E-state index in [2.05, 4.69) is 57.3 Å². The van der Waals surface area contributed by atoms with Crippen molar-refractivity contribution in [1.82, 2.24) is 10.2 Å². The van der Waals surface area contributed by atoms with Crippen LogP contribution >= 0.6 is 15.9 Å². The smallest absolute Gasteiger partial charge is 0.287 e. The van der Waals surface area contributed by atoms with Crippen LogP contribution in [0.15, 0.2) is 51.4 Å². The van der Waals surface area contributed by atoms with Crippen molar-refractivity contribution in [1.29, 1.82) is 0 Å². The van der Waals surface area contributed by atoms with Crippen molar-refractivity contribution in [3.05, 3.63) is 69.4 Å². The molecule has 6 heteroatoms. The molecule has 1 aliphatic rings. The minimum atomic E-state index is -0.180. The molecule has 4 rings (SSSR count). The number of nitrogens with one attached hydrogen (secondary N) is 1. The van der Waals surface area contributed by atoms with E-state index in [1.54, 1.807) is 0 Å². The number of furan rings is 1. The summed E-state index contributed by atoms with van der Waals surface area (Å²) in [4.78, 5) is 15.3. The van der Waals surface area contributed by atoms with E-state index < -0.39 is 0 Å². The number of amides is 1. The van der Waals surface area contributed by atoms with Crippen molar-refractivity contribution >= 4 is 32.8 Å². The first-order chi connectivity index (χ1) is 14.0. The summed E-state index contributed by atoms with van der Waals surface area (Å²) in [5, 5.41) is 4.05. The number of nitrogens with zero attached hydrogens (tertiary/aromatic N) is 1. The molecule has 1 aromatic heterocycles. The highest BCUT2D eigenvalue weighted by Crippen LogP contribution is 2.28. The highest BCUT2D eigenvalue weighted by molar-refractivity contribution is 9.10. The predicted octanol–water partition coefficient (Wildman–Crippen LogP) is 4.62. The maximum atomic E-state index is 12.9. The first kappa shape index (κ1) is 20.1. The SMILES string of the molecule is Cc1ccc(C(CNC(=O)c2oc3ccc(Br)cc3c2C)N2CCOCC2)cc1. The Kier molecular flexibility index (Phi) is 6.04. The topological polar surface area (TPSA) is 54.7 Å². The van der Waals surface area contributed by atoms with Crippen LogP contribution in [0.4, 0.5) is 0 Å². The number of morpholine rings is 1. The molecule has 2 aromatic carbocycles. The van der Waals surface area contributed by atoms with Crippen LogP contribution in [-0.2, 0) is 4.74 Å². The van der Waals surface area contributed by atoms with Crippen LogP contribution in [0.3, 0.4) is 0 Å². The van der Waals surface area contributed by atoms with Gasteiger partial charge in [0.05, 0.1) is 19.3 Å². The Balaban J connectivity index is 1.54. The highest BCUT2D eigenvalue weighted by Gasteiger charge is 2.25. The third-order valence-corrected chi connectivity index (χ3v) is 6.00. The van der Waals surface area contributed by atoms with Crippen molar-refractivity contribution in [2.45, 2.75) is 19.9 Å². The number of hydrogen-bond acceptors (Lipinski definition) is 4. The van der Waals surface area contributed by atoms with Crippen LogP contribution in [0, 0.1) is 13.8 Å². The molecule has 0 radical (unpaired) electrons. The second kappa shape index (κ2) is 8.69. The molecule has 1 unspecified atom stereocenters. The van der Waals surface area contributed by atoms with Gasteiger partial charge in [-0.3, -0.25) is 9.69 Å². The van der Waals surface area contributed by atoms with Gasteiger partial charge in [0.1, 0.15) is 5.58 Å².